The highest BCUT2D eigenvalue weighted by atomic mass is 35.5. The third-order valence-corrected chi connectivity index (χ3v) is 2.69. The summed E-state index contributed by atoms with van der Waals surface area (Å²) in [5.74, 6) is 0. The van der Waals surface area contributed by atoms with E-state index in [0.29, 0.717) is 0 Å². The summed E-state index contributed by atoms with van der Waals surface area (Å²) in [6, 6.07) is 2.08. The van der Waals surface area contributed by atoms with Crippen molar-refractivity contribution >= 4 is 11.6 Å². The van der Waals surface area contributed by atoms with Crippen LogP contribution in [-0.2, 0) is 12.8 Å². The standard InChI is InChI=1S/C12H19ClN2/c1-3-5-10(13)7-12-8-11(6-4-2)14-9-15-12/h8-10H,3-7H2,1-2H3. The van der Waals surface area contributed by atoms with Gasteiger partial charge in [-0.15, -0.1) is 11.6 Å². The van der Waals surface area contributed by atoms with Crippen molar-refractivity contribution in [2.24, 2.45) is 0 Å². The number of alkyl halides is 1. The quantitative estimate of drug-likeness (QED) is 0.695. The van der Waals surface area contributed by atoms with E-state index in [0.717, 1.165) is 43.5 Å². The lowest BCUT2D eigenvalue weighted by Crippen LogP contribution is -2.05. The SMILES string of the molecule is CCCc1cc(CC(Cl)CCC)ncn1. The van der Waals surface area contributed by atoms with E-state index in [1.165, 1.54) is 0 Å². The molecule has 84 valence electrons. The second-order valence-corrected chi connectivity index (χ2v) is 4.46. The van der Waals surface area contributed by atoms with Crippen LogP contribution in [0.15, 0.2) is 12.4 Å². The second kappa shape index (κ2) is 6.78. The van der Waals surface area contributed by atoms with Crippen molar-refractivity contribution < 1.29 is 0 Å². The summed E-state index contributed by atoms with van der Waals surface area (Å²) in [5, 5.41) is 0.208. The molecule has 1 rings (SSSR count). The van der Waals surface area contributed by atoms with Gasteiger partial charge in [-0.1, -0.05) is 26.7 Å². The molecule has 1 atom stereocenters. The fourth-order valence-corrected chi connectivity index (χ4v) is 1.97. The zero-order valence-corrected chi connectivity index (χ0v) is 10.3. The summed E-state index contributed by atoms with van der Waals surface area (Å²) in [6.45, 7) is 4.31. The maximum Gasteiger partial charge on any atom is 0.115 e. The van der Waals surface area contributed by atoms with Gasteiger partial charge in [0.2, 0.25) is 0 Å². The van der Waals surface area contributed by atoms with E-state index >= 15 is 0 Å². The minimum absolute atomic E-state index is 0.208. The summed E-state index contributed by atoms with van der Waals surface area (Å²) in [7, 11) is 0. The Morgan fingerprint density at radius 1 is 1.20 bits per heavy atom. The van der Waals surface area contributed by atoms with E-state index < -0.39 is 0 Å². The number of aryl methyl sites for hydroxylation is 1. The zero-order chi connectivity index (χ0) is 11.1. The Kier molecular flexibility index (Phi) is 5.62. The third kappa shape index (κ3) is 4.61. The second-order valence-electron chi connectivity index (χ2n) is 3.84. The monoisotopic (exact) mass is 226 g/mol. The fourth-order valence-electron chi connectivity index (χ4n) is 1.59. The topological polar surface area (TPSA) is 25.8 Å². The molecule has 1 heterocycles. The average molecular weight is 227 g/mol. The fraction of sp³-hybridized carbons (Fsp3) is 0.667. The highest BCUT2D eigenvalue weighted by Crippen LogP contribution is 2.12. The van der Waals surface area contributed by atoms with Crippen molar-refractivity contribution in [3.05, 3.63) is 23.8 Å². The molecular weight excluding hydrogens is 208 g/mol. The first-order valence-corrected chi connectivity index (χ1v) is 6.13. The number of hydrogen-bond donors (Lipinski definition) is 0. The predicted octanol–water partition coefficient (Wildman–Crippen LogP) is 3.38. The van der Waals surface area contributed by atoms with Crippen LogP contribution in [0.4, 0.5) is 0 Å². The molecule has 0 amide bonds. The lowest BCUT2D eigenvalue weighted by Gasteiger charge is -2.07. The molecule has 1 unspecified atom stereocenters. The van der Waals surface area contributed by atoms with Crippen LogP contribution in [0.5, 0.6) is 0 Å². The minimum atomic E-state index is 0.208. The maximum atomic E-state index is 6.18. The van der Waals surface area contributed by atoms with Crippen LogP contribution in [-0.4, -0.2) is 15.3 Å². The molecule has 0 saturated carbocycles. The van der Waals surface area contributed by atoms with Gasteiger partial charge in [0.05, 0.1) is 0 Å². The Morgan fingerprint density at radius 3 is 2.60 bits per heavy atom. The van der Waals surface area contributed by atoms with E-state index in [9.17, 15) is 0 Å². The van der Waals surface area contributed by atoms with Crippen LogP contribution in [0.25, 0.3) is 0 Å². The molecule has 3 heteroatoms. The Labute approximate surface area is 97.1 Å². The molecular formula is C12H19ClN2. The van der Waals surface area contributed by atoms with Gasteiger partial charge >= 0.3 is 0 Å². The van der Waals surface area contributed by atoms with E-state index in [4.69, 9.17) is 11.6 Å². The molecule has 0 aliphatic carbocycles. The maximum absolute atomic E-state index is 6.18. The molecule has 0 N–H and O–H groups in total. The van der Waals surface area contributed by atoms with Gasteiger partial charge < -0.3 is 0 Å². The van der Waals surface area contributed by atoms with Crippen molar-refractivity contribution in [3.8, 4) is 0 Å². The third-order valence-electron chi connectivity index (χ3n) is 2.32. The molecule has 0 aliphatic heterocycles. The summed E-state index contributed by atoms with van der Waals surface area (Å²) >= 11 is 6.18. The Morgan fingerprint density at radius 2 is 1.93 bits per heavy atom. The van der Waals surface area contributed by atoms with Gasteiger partial charge in [0.25, 0.3) is 0 Å². The van der Waals surface area contributed by atoms with Gasteiger partial charge in [0, 0.05) is 23.2 Å². The molecule has 0 saturated heterocycles. The van der Waals surface area contributed by atoms with E-state index in [1.54, 1.807) is 6.33 Å². The van der Waals surface area contributed by atoms with Crippen molar-refractivity contribution in [3.63, 3.8) is 0 Å². The first-order valence-electron chi connectivity index (χ1n) is 5.70. The van der Waals surface area contributed by atoms with Crippen LogP contribution in [0, 0.1) is 0 Å². The highest BCUT2D eigenvalue weighted by Gasteiger charge is 2.06. The Hall–Kier alpha value is -0.630. The van der Waals surface area contributed by atoms with Crippen LogP contribution >= 0.6 is 11.6 Å². The largest absolute Gasteiger partial charge is 0.241 e. The summed E-state index contributed by atoms with van der Waals surface area (Å²) < 4.78 is 0. The van der Waals surface area contributed by atoms with Gasteiger partial charge in [0.1, 0.15) is 6.33 Å². The molecule has 2 nitrogen and oxygen atoms in total. The van der Waals surface area contributed by atoms with Crippen LogP contribution in [0.3, 0.4) is 0 Å². The Bertz CT molecular complexity index is 289. The molecule has 0 radical (unpaired) electrons. The van der Waals surface area contributed by atoms with Gasteiger partial charge in [-0.05, 0) is 18.9 Å². The Balaban J connectivity index is 2.56. The molecule has 0 spiro atoms. The van der Waals surface area contributed by atoms with Gasteiger partial charge in [-0.2, -0.15) is 0 Å². The lowest BCUT2D eigenvalue weighted by atomic mass is 10.1. The molecule has 0 fully saturated rings. The van der Waals surface area contributed by atoms with Crippen molar-refractivity contribution in [2.45, 2.75) is 51.3 Å². The summed E-state index contributed by atoms with van der Waals surface area (Å²) in [5.41, 5.74) is 2.20. The first-order chi connectivity index (χ1) is 7.26. The summed E-state index contributed by atoms with van der Waals surface area (Å²) in [6.07, 6.45) is 6.83. The van der Waals surface area contributed by atoms with E-state index in [2.05, 4.69) is 29.9 Å². The molecule has 0 bridgehead atoms. The summed E-state index contributed by atoms with van der Waals surface area (Å²) in [4.78, 5) is 8.48. The van der Waals surface area contributed by atoms with Gasteiger partial charge in [0.15, 0.2) is 0 Å². The molecule has 1 aromatic rings. The first kappa shape index (κ1) is 12.4. The zero-order valence-electron chi connectivity index (χ0n) is 9.54. The molecule has 1 aromatic heterocycles. The number of aromatic nitrogens is 2. The number of halogens is 1. The van der Waals surface area contributed by atoms with Crippen molar-refractivity contribution in [2.75, 3.05) is 0 Å². The predicted molar refractivity (Wildman–Crippen MR) is 64.3 cm³/mol. The van der Waals surface area contributed by atoms with Crippen molar-refractivity contribution in [1.82, 2.24) is 9.97 Å². The van der Waals surface area contributed by atoms with Crippen LogP contribution in [0.2, 0.25) is 0 Å². The normalized spacial score (nSPS) is 12.7. The highest BCUT2D eigenvalue weighted by molar-refractivity contribution is 6.20. The number of hydrogen-bond acceptors (Lipinski definition) is 2. The van der Waals surface area contributed by atoms with Gasteiger partial charge in [-0.3, -0.25) is 0 Å². The van der Waals surface area contributed by atoms with E-state index in [1.807, 2.05) is 0 Å². The molecule has 15 heavy (non-hydrogen) atoms. The smallest absolute Gasteiger partial charge is 0.115 e. The number of nitrogens with zero attached hydrogens (tertiary/aromatic N) is 2. The van der Waals surface area contributed by atoms with E-state index in [-0.39, 0.29) is 5.38 Å². The minimum Gasteiger partial charge on any atom is -0.241 e. The van der Waals surface area contributed by atoms with Crippen LogP contribution in [0.1, 0.15) is 44.5 Å². The molecule has 0 aliphatic rings. The lowest BCUT2D eigenvalue weighted by molar-refractivity contribution is 0.711. The molecule has 0 aromatic carbocycles. The van der Waals surface area contributed by atoms with Gasteiger partial charge in [-0.25, -0.2) is 9.97 Å². The number of rotatable bonds is 6. The van der Waals surface area contributed by atoms with Crippen molar-refractivity contribution in [1.29, 1.82) is 0 Å². The average Bonchev–Trinajstić information content (AvgIpc) is 2.19. The van der Waals surface area contributed by atoms with Crippen LogP contribution < -0.4 is 0 Å².